The Labute approximate surface area is 147 Å². The molecule has 0 saturated heterocycles. The number of nitrogens with zero attached hydrogens (tertiary/aromatic N) is 1. The summed E-state index contributed by atoms with van der Waals surface area (Å²) in [7, 11) is 1.96. The van der Waals surface area contributed by atoms with Gasteiger partial charge in [-0.25, -0.2) is 4.79 Å². The van der Waals surface area contributed by atoms with Gasteiger partial charge < -0.3 is 20.6 Å². The van der Waals surface area contributed by atoms with Gasteiger partial charge in [-0.1, -0.05) is 41.9 Å². The Kier molecular flexibility index (Phi) is 6.46. The molecule has 24 heavy (non-hydrogen) atoms. The van der Waals surface area contributed by atoms with Gasteiger partial charge in [-0.05, 0) is 25.1 Å². The van der Waals surface area contributed by atoms with E-state index in [2.05, 4.69) is 10.6 Å². The summed E-state index contributed by atoms with van der Waals surface area (Å²) in [6, 6.07) is 14.2. The predicted molar refractivity (Wildman–Crippen MR) is 98.8 cm³/mol. The highest BCUT2D eigenvalue weighted by molar-refractivity contribution is 6.31. The molecular formula is C18H22ClN3O2. The van der Waals surface area contributed by atoms with E-state index >= 15 is 0 Å². The molecule has 0 heterocycles. The van der Waals surface area contributed by atoms with Crippen molar-refractivity contribution >= 4 is 29.0 Å². The molecule has 128 valence electrons. The maximum absolute atomic E-state index is 12.1. The molecule has 0 bridgehead atoms. The molecule has 1 atom stereocenters. The van der Waals surface area contributed by atoms with Gasteiger partial charge in [-0.15, -0.1) is 0 Å². The van der Waals surface area contributed by atoms with Crippen LogP contribution in [0.4, 0.5) is 16.2 Å². The summed E-state index contributed by atoms with van der Waals surface area (Å²) < 4.78 is 0. The van der Waals surface area contributed by atoms with Crippen LogP contribution >= 0.6 is 11.6 Å². The van der Waals surface area contributed by atoms with E-state index in [0.717, 1.165) is 12.2 Å². The summed E-state index contributed by atoms with van der Waals surface area (Å²) in [5, 5.41) is 16.1. The van der Waals surface area contributed by atoms with Gasteiger partial charge in [0, 0.05) is 30.7 Å². The van der Waals surface area contributed by atoms with Gasteiger partial charge >= 0.3 is 6.03 Å². The minimum Gasteiger partial charge on any atom is -0.387 e. The van der Waals surface area contributed by atoms with Gasteiger partial charge in [0.1, 0.15) is 0 Å². The van der Waals surface area contributed by atoms with E-state index in [1.807, 2.05) is 43.1 Å². The standard InChI is InChI=1S/C18H22ClN3O2/c1-3-22(2)16-11-7-6-10-15(16)21-18(24)20-12-17(23)13-8-4-5-9-14(13)19/h4-11,17,23H,3,12H2,1-2H3,(H2,20,21,24). The first kappa shape index (κ1) is 18.1. The number of benzene rings is 2. The zero-order valence-corrected chi connectivity index (χ0v) is 14.5. The van der Waals surface area contributed by atoms with Crippen LogP contribution in [0.2, 0.25) is 5.02 Å². The SMILES string of the molecule is CCN(C)c1ccccc1NC(=O)NCC(O)c1ccccc1Cl. The van der Waals surface area contributed by atoms with Crippen LogP contribution in [0, 0.1) is 0 Å². The monoisotopic (exact) mass is 347 g/mol. The average molecular weight is 348 g/mol. The second-order valence-electron chi connectivity index (χ2n) is 5.40. The van der Waals surface area contributed by atoms with E-state index in [0.29, 0.717) is 16.3 Å². The van der Waals surface area contributed by atoms with E-state index in [-0.39, 0.29) is 12.6 Å². The quantitative estimate of drug-likeness (QED) is 0.747. The van der Waals surface area contributed by atoms with E-state index < -0.39 is 6.10 Å². The minimum atomic E-state index is -0.863. The van der Waals surface area contributed by atoms with E-state index in [1.165, 1.54) is 0 Å². The molecule has 0 radical (unpaired) electrons. The number of carbonyl (C=O) groups excluding carboxylic acids is 1. The van der Waals surface area contributed by atoms with Crippen LogP contribution in [0.25, 0.3) is 0 Å². The predicted octanol–water partition coefficient (Wildman–Crippen LogP) is 3.65. The van der Waals surface area contributed by atoms with Crippen LogP contribution in [-0.4, -0.2) is 31.3 Å². The molecule has 0 fully saturated rings. The minimum absolute atomic E-state index is 0.0708. The number of anilines is 2. The first-order valence-corrected chi connectivity index (χ1v) is 8.18. The molecule has 5 nitrogen and oxygen atoms in total. The van der Waals surface area contributed by atoms with Gasteiger partial charge in [0.2, 0.25) is 0 Å². The lowest BCUT2D eigenvalue weighted by Crippen LogP contribution is -2.33. The number of aliphatic hydroxyl groups is 1. The van der Waals surface area contributed by atoms with E-state index in [9.17, 15) is 9.90 Å². The summed E-state index contributed by atoms with van der Waals surface area (Å²) in [4.78, 5) is 14.1. The lowest BCUT2D eigenvalue weighted by atomic mass is 10.1. The Balaban J connectivity index is 1.96. The molecule has 0 spiro atoms. The van der Waals surface area contributed by atoms with Crippen molar-refractivity contribution in [2.75, 3.05) is 30.4 Å². The third kappa shape index (κ3) is 4.63. The molecule has 2 aromatic rings. The van der Waals surface area contributed by atoms with Crippen LogP contribution in [0.1, 0.15) is 18.6 Å². The Morgan fingerprint density at radius 3 is 2.58 bits per heavy atom. The molecule has 0 aliphatic rings. The molecule has 0 aromatic heterocycles. The van der Waals surface area contributed by atoms with Crippen molar-refractivity contribution in [1.82, 2.24) is 5.32 Å². The first-order valence-electron chi connectivity index (χ1n) is 7.80. The summed E-state index contributed by atoms with van der Waals surface area (Å²) in [6.45, 7) is 2.93. The normalized spacial score (nSPS) is 11.7. The van der Waals surface area contributed by atoms with E-state index in [1.54, 1.807) is 24.3 Å². The number of amides is 2. The number of aliphatic hydroxyl groups excluding tert-OH is 1. The summed E-state index contributed by atoms with van der Waals surface area (Å²) in [5.74, 6) is 0. The van der Waals surface area contributed by atoms with Gasteiger partial charge in [0.25, 0.3) is 0 Å². The molecule has 1 unspecified atom stereocenters. The Bertz CT molecular complexity index is 693. The average Bonchev–Trinajstić information content (AvgIpc) is 2.60. The largest absolute Gasteiger partial charge is 0.387 e. The van der Waals surface area contributed by atoms with Crippen molar-refractivity contribution in [3.63, 3.8) is 0 Å². The number of rotatable bonds is 6. The van der Waals surface area contributed by atoms with Crippen molar-refractivity contribution in [1.29, 1.82) is 0 Å². The van der Waals surface area contributed by atoms with Crippen molar-refractivity contribution in [2.24, 2.45) is 0 Å². The first-order chi connectivity index (χ1) is 11.5. The fraction of sp³-hybridized carbons (Fsp3) is 0.278. The van der Waals surface area contributed by atoms with Crippen LogP contribution < -0.4 is 15.5 Å². The second kappa shape index (κ2) is 8.57. The molecule has 0 aliphatic carbocycles. The maximum atomic E-state index is 12.1. The highest BCUT2D eigenvalue weighted by atomic mass is 35.5. The number of hydrogen-bond donors (Lipinski definition) is 3. The lowest BCUT2D eigenvalue weighted by molar-refractivity contribution is 0.175. The van der Waals surface area contributed by atoms with Gasteiger partial charge in [0.15, 0.2) is 0 Å². The second-order valence-corrected chi connectivity index (χ2v) is 5.81. The molecule has 3 N–H and O–H groups in total. The van der Waals surface area contributed by atoms with Crippen LogP contribution in [0.3, 0.4) is 0 Å². The maximum Gasteiger partial charge on any atom is 0.319 e. The molecule has 2 aromatic carbocycles. The Morgan fingerprint density at radius 1 is 1.21 bits per heavy atom. The summed E-state index contributed by atoms with van der Waals surface area (Å²) >= 11 is 6.04. The number of nitrogens with one attached hydrogen (secondary N) is 2. The Morgan fingerprint density at radius 2 is 1.88 bits per heavy atom. The van der Waals surface area contributed by atoms with Crippen LogP contribution in [-0.2, 0) is 0 Å². The van der Waals surface area contributed by atoms with E-state index in [4.69, 9.17) is 11.6 Å². The molecular weight excluding hydrogens is 326 g/mol. The van der Waals surface area contributed by atoms with Crippen molar-refractivity contribution in [3.05, 3.63) is 59.1 Å². The third-order valence-electron chi connectivity index (χ3n) is 3.76. The fourth-order valence-corrected chi connectivity index (χ4v) is 2.56. The molecule has 0 aliphatic heterocycles. The highest BCUT2D eigenvalue weighted by Gasteiger charge is 2.13. The van der Waals surface area contributed by atoms with Crippen molar-refractivity contribution in [2.45, 2.75) is 13.0 Å². The molecule has 0 saturated carbocycles. The number of carbonyl (C=O) groups is 1. The van der Waals surface area contributed by atoms with Crippen molar-refractivity contribution < 1.29 is 9.90 Å². The van der Waals surface area contributed by atoms with Gasteiger partial charge in [-0.3, -0.25) is 0 Å². The highest BCUT2D eigenvalue weighted by Crippen LogP contribution is 2.24. The number of para-hydroxylation sites is 2. The van der Waals surface area contributed by atoms with Gasteiger partial charge in [-0.2, -0.15) is 0 Å². The Hall–Kier alpha value is -2.24. The zero-order valence-electron chi connectivity index (χ0n) is 13.8. The van der Waals surface area contributed by atoms with Crippen LogP contribution in [0.15, 0.2) is 48.5 Å². The fourth-order valence-electron chi connectivity index (χ4n) is 2.29. The number of urea groups is 1. The van der Waals surface area contributed by atoms with Crippen molar-refractivity contribution in [3.8, 4) is 0 Å². The third-order valence-corrected chi connectivity index (χ3v) is 4.10. The summed E-state index contributed by atoms with van der Waals surface area (Å²) in [6.07, 6.45) is -0.863. The van der Waals surface area contributed by atoms with Gasteiger partial charge in [0.05, 0.1) is 17.5 Å². The number of halogens is 1. The lowest BCUT2D eigenvalue weighted by Gasteiger charge is -2.21. The molecule has 6 heteroatoms. The van der Waals surface area contributed by atoms with Crippen LogP contribution in [0.5, 0.6) is 0 Å². The molecule has 2 amide bonds. The topological polar surface area (TPSA) is 64.6 Å². The molecule has 2 rings (SSSR count). The number of hydrogen-bond acceptors (Lipinski definition) is 3. The zero-order chi connectivity index (χ0) is 17.5. The summed E-state index contributed by atoms with van der Waals surface area (Å²) in [5.41, 5.74) is 2.24. The smallest absolute Gasteiger partial charge is 0.319 e.